The third-order valence-corrected chi connectivity index (χ3v) is 4.82. The zero-order valence-electron chi connectivity index (χ0n) is 11.9. The van der Waals surface area contributed by atoms with E-state index in [1.807, 2.05) is 19.1 Å². The van der Waals surface area contributed by atoms with Gasteiger partial charge in [0.15, 0.2) is 0 Å². The third kappa shape index (κ3) is 4.58. The molecule has 0 aliphatic heterocycles. The number of nitrogens with one attached hydrogen (secondary N) is 1. The molecule has 0 fully saturated rings. The minimum Gasteiger partial charge on any atom is -0.508 e. The summed E-state index contributed by atoms with van der Waals surface area (Å²) in [7, 11) is -3.46. The van der Waals surface area contributed by atoms with Gasteiger partial charge in [0.05, 0.1) is 4.90 Å². The van der Waals surface area contributed by atoms with Crippen LogP contribution in [0.1, 0.15) is 18.9 Å². The summed E-state index contributed by atoms with van der Waals surface area (Å²) in [6.45, 7) is 1.85. The minimum atomic E-state index is -3.46. The molecule has 0 amide bonds. The third-order valence-electron chi connectivity index (χ3n) is 3.21. The SMILES string of the molecule is CC(CCc1ccc(O)cc1)NS(=O)(=O)c1ccccc1. The normalized spacial score (nSPS) is 13.0. The van der Waals surface area contributed by atoms with Crippen LogP contribution in [-0.2, 0) is 16.4 Å². The first-order valence-electron chi connectivity index (χ1n) is 6.83. The smallest absolute Gasteiger partial charge is 0.240 e. The Morgan fingerprint density at radius 1 is 1.05 bits per heavy atom. The molecule has 0 aliphatic carbocycles. The Kier molecular flexibility index (Phi) is 4.98. The Morgan fingerprint density at radius 2 is 1.67 bits per heavy atom. The van der Waals surface area contributed by atoms with Crippen molar-refractivity contribution in [3.8, 4) is 5.75 Å². The van der Waals surface area contributed by atoms with E-state index in [-0.39, 0.29) is 16.7 Å². The molecule has 2 rings (SSSR count). The monoisotopic (exact) mass is 305 g/mol. The van der Waals surface area contributed by atoms with E-state index in [2.05, 4.69) is 4.72 Å². The number of phenolic OH excluding ortho intramolecular Hbond substituents is 1. The van der Waals surface area contributed by atoms with Crippen LogP contribution < -0.4 is 4.72 Å². The first kappa shape index (κ1) is 15.5. The maximum absolute atomic E-state index is 12.2. The van der Waals surface area contributed by atoms with E-state index in [1.54, 1.807) is 42.5 Å². The molecule has 0 saturated heterocycles. The molecule has 0 bridgehead atoms. The summed E-state index contributed by atoms with van der Waals surface area (Å²) in [5.74, 6) is 0.233. The fourth-order valence-corrected chi connectivity index (χ4v) is 3.34. The molecule has 2 aromatic carbocycles. The molecule has 0 saturated carbocycles. The average Bonchev–Trinajstić information content (AvgIpc) is 2.47. The van der Waals surface area contributed by atoms with Crippen LogP contribution in [0.3, 0.4) is 0 Å². The van der Waals surface area contributed by atoms with Gasteiger partial charge in [0.2, 0.25) is 10.0 Å². The van der Waals surface area contributed by atoms with Crippen molar-refractivity contribution in [3.63, 3.8) is 0 Å². The molecule has 5 heteroatoms. The molecule has 0 spiro atoms. The van der Waals surface area contributed by atoms with Crippen molar-refractivity contribution >= 4 is 10.0 Å². The predicted octanol–water partition coefficient (Wildman–Crippen LogP) is 2.69. The Hall–Kier alpha value is -1.85. The van der Waals surface area contributed by atoms with Gasteiger partial charge in [-0.05, 0) is 49.6 Å². The molecule has 0 heterocycles. The maximum Gasteiger partial charge on any atom is 0.240 e. The zero-order valence-corrected chi connectivity index (χ0v) is 12.7. The highest BCUT2D eigenvalue weighted by Crippen LogP contribution is 2.13. The van der Waals surface area contributed by atoms with Gasteiger partial charge in [0.1, 0.15) is 5.75 Å². The predicted molar refractivity (Wildman–Crippen MR) is 82.7 cm³/mol. The highest BCUT2D eigenvalue weighted by molar-refractivity contribution is 7.89. The van der Waals surface area contributed by atoms with Gasteiger partial charge in [-0.2, -0.15) is 0 Å². The van der Waals surface area contributed by atoms with Crippen LogP contribution in [0.5, 0.6) is 5.75 Å². The Balaban J connectivity index is 1.92. The van der Waals surface area contributed by atoms with Crippen molar-refractivity contribution in [3.05, 3.63) is 60.2 Å². The number of hydrogen-bond donors (Lipinski definition) is 2. The second-order valence-electron chi connectivity index (χ2n) is 5.04. The average molecular weight is 305 g/mol. The summed E-state index contributed by atoms with van der Waals surface area (Å²) in [5.41, 5.74) is 1.07. The first-order valence-corrected chi connectivity index (χ1v) is 8.31. The summed E-state index contributed by atoms with van der Waals surface area (Å²) in [6, 6.07) is 15.1. The molecule has 0 aromatic heterocycles. The number of phenols is 1. The first-order chi connectivity index (χ1) is 9.97. The van der Waals surface area contributed by atoms with Crippen molar-refractivity contribution in [1.82, 2.24) is 4.72 Å². The number of sulfonamides is 1. The van der Waals surface area contributed by atoms with Gasteiger partial charge >= 0.3 is 0 Å². The molecule has 0 radical (unpaired) electrons. The Labute approximate surface area is 125 Å². The van der Waals surface area contributed by atoms with Gasteiger partial charge in [0, 0.05) is 6.04 Å². The molecule has 1 atom stereocenters. The number of aromatic hydroxyl groups is 1. The largest absolute Gasteiger partial charge is 0.508 e. The number of aryl methyl sites for hydroxylation is 1. The molecule has 1 unspecified atom stereocenters. The molecule has 2 aromatic rings. The highest BCUT2D eigenvalue weighted by atomic mass is 32.2. The quantitative estimate of drug-likeness (QED) is 0.862. The van der Waals surface area contributed by atoms with Gasteiger partial charge in [-0.1, -0.05) is 30.3 Å². The molecule has 0 aliphatic rings. The van der Waals surface area contributed by atoms with E-state index in [0.29, 0.717) is 6.42 Å². The van der Waals surface area contributed by atoms with Crippen molar-refractivity contribution in [2.75, 3.05) is 0 Å². The molecule has 2 N–H and O–H groups in total. The van der Waals surface area contributed by atoms with Crippen LogP contribution in [0.4, 0.5) is 0 Å². The van der Waals surface area contributed by atoms with Gasteiger partial charge in [-0.15, -0.1) is 0 Å². The van der Waals surface area contributed by atoms with E-state index in [4.69, 9.17) is 0 Å². The number of rotatable bonds is 6. The van der Waals surface area contributed by atoms with Gasteiger partial charge < -0.3 is 5.11 Å². The van der Waals surface area contributed by atoms with E-state index in [1.165, 1.54) is 0 Å². The van der Waals surface area contributed by atoms with Crippen molar-refractivity contribution in [2.24, 2.45) is 0 Å². The lowest BCUT2D eigenvalue weighted by Gasteiger charge is -2.14. The van der Waals surface area contributed by atoms with E-state index in [9.17, 15) is 13.5 Å². The van der Waals surface area contributed by atoms with Crippen LogP contribution in [0.25, 0.3) is 0 Å². The van der Waals surface area contributed by atoms with E-state index in [0.717, 1.165) is 12.0 Å². The number of benzene rings is 2. The molecule has 4 nitrogen and oxygen atoms in total. The van der Waals surface area contributed by atoms with E-state index < -0.39 is 10.0 Å². The second kappa shape index (κ2) is 6.74. The summed E-state index contributed by atoms with van der Waals surface area (Å²) in [6.07, 6.45) is 1.44. The van der Waals surface area contributed by atoms with Crippen molar-refractivity contribution in [2.45, 2.75) is 30.7 Å². The summed E-state index contributed by atoms with van der Waals surface area (Å²) >= 11 is 0. The topological polar surface area (TPSA) is 66.4 Å². The van der Waals surface area contributed by atoms with Gasteiger partial charge in [-0.3, -0.25) is 0 Å². The second-order valence-corrected chi connectivity index (χ2v) is 6.75. The zero-order chi connectivity index (χ0) is 15.3. The Morgan fingerprint density at radius 3 is 2.29 bits per heavy atom. The van der Waals surface area contributed by atoms with Crippen LogP contribution in [-0.4, -0.2) is 19.6 Å². The lowest BCUT2D eigenvalue weighted by atomic mass is 10.1. The summed E-state index contributed by atoms with van der Waals surface area (Å²) in [5, 5.41) is 9.22. The number of hydrogen-bond acceptors (Lipinski definition) is 3. The van der Waals surface area contributed by atoms with Gasteiger partial charge in [-0.25, -0.2) is 13.1 Å². The summed E-state index contributed by atoms with van der Waals surface area (Å²) in [4.78, 5) is 0.279. The summed E-state index contributed by atoms with van der Waals surface area (Å²) < 4.78 is 27.0. The van der Waals surface area contributed by atoms with Crippen LogP contribution in [0.2, 0.25) is 0 Å². The lowest BCUT2D eigenvalue weighted by Crippen LogP contribution is -2.32. The van der Waals surface area contributed by atoms with Gasteiger partial charge in [0.25, 0.3) is 0 Å². The molecule has 112 valence electrons. The molecular weight excluding hydrogens is 286 g/mol. The van der Waals surface area contributed by atoms with Crippen molar-refractivity contribution < 1.29 is 13.5 Å². The molecular formula is C16H19NO3S. The fraction of sp³-hybridized carbons (Fsp3) is 0.250. The van der Waals surface area contributed by atoms with E-state index >= 15 is 0 Å². The standard InChI is InChI=1S/C16H19NO3S/c1-13(7-8-14-9-11-15(18)12-10-14)17-21(19,20)16-5-3-2-4-6-16/h2-6,9-13,17-18H,7-8H2,1H3. The van der Waals surface area contributed by atoms with Crippen LogP contribution >= 0.6 is 0 Å². The lowest BCUT2D eigenvalue weighted by molar-refractivity contribution is 0.475. The highest BCUT2D eigenvalue weighted by Gasteiger charge is 2.16. The van der Waals surface area contributed by atoms with Crippen LogP contribution in [0.15, 0.2) is 59.5 Å². The minimum absolute atomic E-state index is 0.163. The maximum atomic E-state index is 12.2. The van der Waals surface area contributed by atoms with Crippen molar-refractivity contribution in [1.29, 1.82) is 0 Å². The Bertz CT molecular complexity index is 666. The fourth-order valence-electron chi connectivity index (χ4n) is 2.04. The molecule has 21 heavy (non-hydrogen) atoms. The van der Waals surface area contributed by atoms with Crippen LogP contribution in [0, 0.1) is 0 Å².